The number of aryl methyl sites for hydroxylation is 1. The maximum atomic E-state index is 13.7. The molecule has 0 saturated carbocycles. The fourth-order valence-corrected chi connectivity index (χ4v) is 2.34. The molecule has 0 aliphatic heterocycles. The van der Waals surface area contributed by atoms with Crippen molar-refractivity contribution in [3.63, 3.8) is 0 Å². The van der Waals surface area contributed by atoms with Crippen LogP contribution in [0, 0.1) is 5.82 Å². The van der Waals surface area contributed by atoms with E-state index in [1.165, 1.54) is 6.07 Å². The molecule has 0 spiro atoms. The van der Waals surface area contributed by atoms with Crippen LogP contribution in [-0.2, 0) is 7.05 Å². The van der Waals surface area contributed by atoms with E-state index in [1.807, 2.05) is 7.05 Å². The number of halogens is 2. The number of aromatic nitrogens is 3. The predicted octanol–water partition coefficient (Wildman–Crippen LogP) is 2.03. The van der Waals surface area contributed by atoms with E-state index in [0.29, 0.717) is 5.69 Å². The normalized spacial score (nSPS) is 12.7. The lowest BCUT2D eigenvalue weighted by atomic mass is 10.1. The molecule has 0 fully saturated rings. The van der Waals surface area contributed by atoms with Crippen molar-refractivity contribution in [2.75, 3.05) is 7.05 Å². The third-order valence-corrected chi connectivity index (χ3v) is 3.17. The van der Waals surface area contributed by atoms with Gasteiger partial charge in [-0.05, 0) is 35.1 Å². The van der Waals surface area contributed by atoms with E-state index in [4.69, 9.17) is 0 Å². The molecular formula is C11H12BrFN4. The van der Waals surface area contributed by atoms with Crippen molar-refractivity contribution in [2.24, 2.45) is 7.05 Å². The summed E-state index contributed by atoms with van der Waals surface area (Å²) in [5.41, 5.74) is 1.20. The summed E-state index contributed by atoms with van der Waals surface area (Å²) in [7, 11) is 3.57. The van der Waals surface area contributed by atoms with Gasteiger partial charge in [0.15, 0.2) is 0 Å². The summed E-state index contributed by atoms with van der Waals surface area (Å²) in [6.45, 7) is 0. The molecule has 1 atom stereocenters. The lowest BCUT2D eigenvalue weighted by molar-refractivity contribution is 0.535. The summed E-state index contributed by atoms with van der Waals surface area (Å²) in [6.07, 6.45) is 3.26. The predicted molar refractivity (Wildman–Crippen MR) is 66.0 cm³/mol. The molecule has 2 aromatic heterocycles. The molecule has 0 aliphatic carbocycles. The quantitative estimate of drug-likeness (QED) is 0.943. The van der Waals surface area contributed by atoms with Crippen LogP contribution >= 0.6 is 15.9 Å². The van der Waals surface area contributed by atoms with Gasteiger partial charge < -0.3 is 5.32 Å². The van der Waals surface area contributed by atoms with Gasteiger partial charge in [0.05, 0.1) is 28.1 Å². The molecule has 0 aliphatic rings. The highest BCUT2D eigenvalue weighted by atomic mass is 79.9. The van der Waals surface area contributed by atoms with Crippen LogP contribution in [0.3, 0.4) is 0 Å². The number of nitrogens with zero attached hydrogens (tertiary/aromatic N) is 3. The van der Waals surface area contributed by atoms with Gasteiger partial charge in [0.25, 0.3) is 0 Å². The van der Waals surface area contributed by atoms with Crippen molar-refractivity contribution in [3.05, 3.63) is 46.2 Å². The molecule has 90 valence electrons. The molecule has 6 heteroatoms. The Morgan fingerprint density at radius 2 is 2.29 bits per heavy atom. The lowest BCUT2D eigenvalue weighted by Gasteiger charge is -2.17. The minimum absolute atomic E-state index is 0.333. The van der Waals surface area contributed by atoms with Crippen LogP contribution < -0.4 is 5.32 Å². The zero-order chi connectivity index (χ0) is 12.4. The fourth-order valence-electron chi connectivity index (χ4n) is 1.76. The maximum Gasteiger partial charge on any atom is 0.146 e. The summed E-state index contributed by atoms with van der Waals surface area (Å²) in [4.78, 5) is 4.09. The first-order chi connectivity index (χ1) is 8.15. The van der Waals surface area contributed by atoms with Crippen LogP contribution in [0.25, 0.3) is 0 Å². The minimum atomic E-state index is -0.335. The molecule has 0 bridgehead atoms. The van der Waals surface area contributed by atoms with E-state index < -0.39 is 0 Å². The number of hydrogen-bond donors (Lipinski definition) is 1. The van der Waals surface area contributed by atoms with Crippen molar-refractivity contribution in [2.45, 2.75) is 6.04 Å². The maximum absolute atomic E-state index is 13.7. The van der Waals surface area contributed by atoms with Gasteiger partial charge in [0, 0.05) is 13.2 Å². The molecule has 4 nitrogen and oxygen atoms in total. The summed E-state index contributed by atoms with van der Waals surface area (Å²) >= 11 is 3.41. The topological polar surface area (TPSA) is 42.7 Å². The Hall–Kier alpha value is -1.27. The molecule has 0 radical (unpaired) electrons. The second-order valence-electron chi connectivity index (χ2n) is 3.59. The van der Waals surface area contributed by atoms with Gasteiger partial charge in [-0.15, -0.1) is 0 Å². The van der Waals surface area contributed by atoms with Gasteiger partial charge in [-0.1, -0.05) is 0 Å². The Kier molecular flexibility index (Phi) is 3.54. The van der Waals surface area contributed by atoms with Gasteiger partial charge in [-0.2, -0.15) is 5.10 Å². The lowest BCUT2D eigenvalue weighted by Crippen LogP contribution is -2.23. The van der Waals surface area contributed by atoms with Gasteiger partial charge in [-0.25, -0.2) is 4.39 Å². The standard InChI is InChI=1S/C11H12BrFN4/c1-14-10(9-8(13)4-3-5-15-9)11-7(12)6-16-17(11)2/h3-6,10,14H,1-2H3. The second kappa shape index (κ2) is 4.93. The SMILES string of the molecule is CNC(c1ncccc1F)c1c(Br)cnn1C. The third-order valence-electron chi connectivity index (χ3n) is 2.56. The Balaban J connectivity index is 2.52. The zero-order valence-electron chi connectivity index (χ0n) is 9.48. The van der Waals surface area contributed by atoms with Crippen molar-refractivity contribution in [3.8, 4) is 0 Å². The molecule has 0 aromatic carbocycles. The number of rotatable bonds is 3. The van der Waals surface area contributed by atoms with E-state index in [1.54, 1.807) is 30.2 Å². The van der Waals surface area contributed by atoms with E-state index in [0.717, 1.165) is 10.2 Å². The Labute approximate surface area is 107 Å². The molecule has 2 heterocycles. The highest BCUT2D eigenvalue weighted by Gasteiger charge is 2.22. The van der Waals surface area contributed by atoms with Crippen LogP contribution in [0.1, 0.15) is 17.4 Å². The average Bonchev–Trinajstić information content (AvgIpc) is 2.64. The van der Waals surface area contributed by atoms with Crippen LogP contribution in [0.2, 0.25) is 0 Å². The van der Waals surface area contributed by atoms with Crippen LogP contribution in [0.5, 0.6) is 0 Å². The highest BCUT2D eigenvalue weighted by Crippen LogP contribution is 2.27. The van der Waals surface area contributed by atoms with Crippen molar-refractivity contribution in [1.82, 2.24) is 20.1 Å². The molecule has 2 rings (SSSR count). The molecule has 1 unspecified atom stereocenters. The monoisotopic (exact) mass is 298 g/mol. The van der Waals surface area contributed by atoms with Crippen LogP contribution in [0.4, 0.5) is 4.39 Å². The fraction of sp³-hybridized carbons (Fsp3) is 0.273. The smallest absolute Gasteiger partial charge is 0.146 e. The molecule has 0 saturated heterocycles. The van der Waals surface area contributed by atoms with Gasteiger partial charge in [0.2, 0.25) is 0 Å². The average molecular weight is 299 g/mol. The Morgan fingerprint density at radius 1 is 1.53 bits per heavy atom. The van der Waals surface area contributed by atoms with Gasteiger partial charge in [-0.3, -0.25) is 9.67 Å². The molecule has 1 N–H and O–H groups in total. The number of hydrogen-bond acceptors (Lipinski definition) is 3. The van der Waals surface area contributed by atoms with Gasteiger partial charge in [0.1, 0.15) is 5.82 Å². The van der Waals surface area contributed by atoms with E-state index in [2.05, 4.69) is 31.3 Å². The van der Waals surface area contributed by atoms with Crippen molar-refractivity contribution < 1.29 is 4.39 Å². The summed E-state index contributed by atoms with van der Waals surface area (Å²) < 4.78 is 16.3. The molecule has 2 aromatic rings. The van der Waals surface area contributed by atoms with E-state index >= 15 is 0 Å². The van der Waals surface area contributed by atoms with Crippen molar-refractivity contribution in [1.29, 1.82) is 0 Å². The second-order valence-corrected chi connectivity index (χ2v) is 4.45. The zero-order valence-corrected chi connectivity index (χ0v) is 11.1. The van der Waals surface area contributed by atoms with Crippen LogP contribution in [-0.4, -0.2) is 21.8 Å². The van der Waals surface area contributed by atoms with E-state index in [9.17, 15) is 4.39 Å². The molecule has 17 heavy (non-hydrogen) atoms. The highest BCUT2D eigenvalue weighted by molar-refractivity contribution is 9.10. The van der Waals surface area contributed by atoms with E-state index in [-0.39, 0.29) is 11.9 Å². The van der Waals surface area contributed by atoms with Crippen LogP contribution in [0.15, 0.2) is 29.0 Å². The first kappa shape index (κ1) is 12.2. The first-order valence-electron chi connectivity index (χ1n) is 5.10. The Bertz CT molecular complexity index is 506. The third kappa shape index (κ3) is 2.23. The summed E-state index contributed by atoms with van der Waals surface area (Å²) in [5.74, 6) is -0.333. The minimum Gasteiger partial charge on any atom is -0.307 e. The number of nitrogens with one attached hydrogen (secondary N) is 1. The van der Waals surface area contributed by atoms with Gasteiger partial charge >= 0.3 is 0 Å². The number of pyridine rings is 1. The summed E-state index contributed by atoms with van der Waals surface area (Å²) in [5, 5.41) is 7.17. The molecular weight excluding hydrogens is 287 g/mol. The Morgan fingerprint density at radius 3 is 2.82 bits per heavy atom. The molecule has 0 amide bonds. The summed E-state index contributed by atoms with van der Waals surface area (Å²) in [6, 6.07) is 2.64. The first-order valence-corrected chi connectivity index (χ1v) is 5.89. The van der Waals surface area contributed by atoms with Crippen molar-refractivity contribution >= 4 is 15.9 Å². The largest absolute Gasteiger partial charge is 0.307 e.